The Labute approximate surface area is 109 Å². The van der Waals surface area contributed by atoms with Gasteiger partial charge in [0.05, 0.1) is 5.60 Å². The third kappa shape index (κ3) is 4.12. The summed E-state index contributed by atoms with van der Waals surface area (Å²) in [7, 11) is 0. The van der Waals surface area contributed by atoms with E-state index in [4.69, 9.17) is 9.84 Å². The number of hydrogen-bond donors (Lipinski definition) is 2. The molecule has 0 bridgehead atoms. The van der Waals surface area contributed by atoms with E-state index in [-0.39, 0.29) is 5.60 Å². The van der Waals surface area contributed by atoms with Crippen molar-refractivity contribution in [2.45, 2.75) is 50.2 Å². The van der Waals surface area contributed by atoms with Gasteiger partial charge in [-0.05, 0) is 50.8 Å². The van der Waals surface area contributed by atoms with Crippen LogP contribution in [0.5, 0.6) is 0 Å². The van der Waals surface area contributed by atoms with Crippen molar-refractivity contribution in [2.75, 3.05) is 31.3 Å². The van der Waals surface area contributed by atoms with Gasteiger partial charge in [-0.15, -0.1) is 0 Å². The molecule has 0 aromatic rings. The van der Waals surface area contributed by atoms with Crippen molar-refractivity contribution in [3.8, 4) is 0 Å². The maximum atomic E-state index is 8.71. The van der Waals surface area contributed by atoms with Gasteiger partial charge in [-0.3, -0.25) is 0 Å². The summed E-state index contributed by atoms with van der Waals surface area (Å²) in [6.45, 7) is 2.35. The molecule has 2 aliphatic rings. The molecule has 2 aliphatic heterocycles. The summed E-state index contributed by atoms with van der Waals surface area (Å²) >= 11 is 2.04. The van der Waals surface area contributed by atoms with Crippen LogP contribution in [0.25, 0.3) is 0 Å². The third-order valence-corrected chi connectivity index (χ3v) is 5.05. The molecule has 17 heavy (non-hydrogen) atoms. The zero-order valence-corrected chi connectivity index (χ0v) is 11.4. The lowest BCUT2D eigenvalue weighted by Crippen LogP contribution is -2.47. The van der Waals surface area contributed by atoms with Crippen LogP contribution in [-0.4, -0.2) is 48.0 Å². The first-order chi connectivity index (χ1) is 8.35. The Morgan fingerprint density at radius 3 is 3.06 bits per heavy atom. The number of unbranched alkanes of at least 4 members (excludes halogenated alkanes) is 2. The quantitative estimate of drug-likeness (QED) is 0.714. The van der Waals surface area contributed by atoms with Crippen LogP contribution in [0.15, 0.2) is 0 Å². The molecule has 0 aromatic carbocycles. The number of thioether (sulfide) groups is 1. The van der Waals surface area contributed by atoms with Gasteiger partial charge in [-0.2, -0.15) is 11.8 Å². The largest absolute Gasteiger partial charge is 0.396 e. The Kier molecular flexibility index (Phi) is 5.60. The van der Waals surface area contributed by atoms with Crippen LogP contribution in [-0.2, 0) is 4.74 Å². The van der Waals surface area contributed by atoms with Gasteiger partial charge in [0, 0.05) is 25.0 Å². The number of aliphatic hydroxyl groups excluding tert-OH is 1. The lowest BCUT2D eigenvalue weighted by Gasteiger charge is -2.38. The van der Waals surface area contributed by atoms with Crippen molar-refractivity contribution >= 4 is 11.8 Å². The fourth-order valence-corrected chi connectivity index (χ4v) is 4.16. The summed E-state index contributed by atoms with van der Waals surface area (Å²) in [4.78, 5) is 0. The molecular weight excluding hydrogens is 234 g/mol. The lowest BCUT2D eigenvalue weighted by atomic mass is 9.90. The van der Waals surface area contributed by atoms with Gasteiger partial charge in [-0.1, -0.05) is 0 Å². The van der Waals surface area contributed by atoms with Gasteiger partial charge in [0.2, 0.25) is 0 Å². The SMILES string of the molecule is OCCCCCNC1CCOC2(CCSC2)C1. The van der Waals surface area contributed by atoms with E-state index in [1.807, 2.05) is 11.8 Å². The normalized spacial score (nSPS) is 33.4. The van der Waals surface area contributed by atoms with Crippen molar-refractivity contribution in [1.29, 1.82) is 0 Å². The van der Waals surface area contributed by atoms with Crippen molar-refractivity contribution in [3.05, 3.63) is 0 Å². The molecule has 100 valence electrons. The molecule has 2 atom stereocenters. The van der Waals surface area contributed by atoms with E-state index in [2.05, 4.69) is 5.32 Å². The first-order valence-electron chi connectivity index (χ1n) is 6.91. The molecule has 0 aliphatic carbocycles. The molecule has 2 saturated heterocycles. The van der Waals surface area contributed by atoms with Crippen LogP contribution < -0.4 is 5.32 Å². The van der Waals surface area contributed by atoms with Crippen molar-refractivity contribution in [3.63, 3.8) is 0 Å². The molecule has 2 rings (SSSR count). The minimum Gasteiger partial charge on any atom is -0.396 e. The number of nitrogens with one attached hydrogen (secondary N) is 1. The zero-order valence-electron chi connectivity index (χ0n) is 10.6. The molecule has 2 heterocycles. The third-order valence-electron chi connectivity index (χ3n) is 3.83. The standard InChI is InChI=1S/C13H25NO2S/c15-7-3-1-2-6-14-12-4-8-16-13(10-12)5-9-17-11-13/h12,14-15H,1-11H2. The monoisotopic (exact) mass is 259 g/mol. The first-order valence-corrected chi connectivity index (χ1v) is 8.06. The summed E-state index contributed by atoms with van der Waals surface area (Å²) in [5.74, 6) is 2.46. The topological polar surface area (TPSA) is 41.5 Å². The molecule has 3 nitrogen and oxygen atoms in total. The maximum absolute atomic E-state index is 8.71. The van der Waals surface area contributed by atoms with Crippen molar-refractivity contribution in [2.24, 2.45) is 0 Å². The minimum absolute atomic E-state index is 0.200. The van der Waals surface area contributed by atoms with Crippen LogP contribution in [0.4, 0.5) is 0 Å². The summed E-state index contributed by atoms with van der Waals surface area (Å²) < 4.78 is 6.01. The number of rotatable bonds is 6. The summed E-state index contributed by atoms with van der Waals surface area (Å²) in [6, 6.07) is 0.650. The zero-order chi connectivity index (χ0) is 12.0. The van der Waals surface area contributed by atoms with Crippen molar-refractivity contribution < 1.29 is 9.84 Å². The van der Waals surface area contributed by atoms with Gasteiger partial charge < -0.3 is 15.2 Å². The van der Waals surface area contributed by atoms with E-state index in [0.717, 1.165) is 32.4 Å². The first kappa shape index (κ1) is 13.7. The second-order valence-electron chi connectivity index (χ2n) is 5.26. The van der Waals surface area contributed by atoms with E-state index in [1.165, 1.54) is 30.8 Å². The highest BCUT2D eigenvalue weighted by Gasteiger charge is 2.40. The Hall–Kier alpha value is 0.230. The maximum Gasteiger partial charge on any atom is 0.0795 e. The highest BCUT2D eigenvalue weighted by molar-refractivity contribution is 7.99. The Balaban J connectivity index is 1.63. The Morgan fingerprint density at radius 2 is 2.29 bits per heavy atom. The lowest BCUT2D eigenvalue weighted by molar-refractivity contribution is -0.0700. The number of aliphatic hydroxyl groups is 1. The molecule has 0 radical (unpaired) electrons. The van der Waals surface area contributed by atoms with E-state index in [9.17, 15) is 0 Å². The van der Waals surface area contributed by atoms with Gasteiger partial charge in [0.15, 0.2) is 0 Å². The molecule has 0 amide bonds. The number of hydrogen-bond acceptors (Lipinski definition) is 4. The Bertz CT molecular complexity index is 219. The smallest absolute Gasteiger partial charge is 0.0795 e. The molecular formula is C13H25NO2S. The second kappa shape index (κ2) is 6.98. The highest BCUT2D eigenvalue weighted by Crippen LogP contribution is 2.38. The van der Waals surface area contributed by atoms with Crippen molar-refractivity contribution in [1.82, 2.24) is 5.32 Å². The molecule has 2 N–H and O–H groups in total. The number of ether oxygens (including phenoxy) is 1. The molecule has 1 spiro atoms. The van der Waals surface area contributed by atoms with Gasteiger partial charge in [0.1, 0.15) is 0 Å². The van der Waals surface area contributed by atoms with Gasteiger partial charge in [0.25, 0.3) is 0 Å². The molecule has 2 unspecified atom stereocenters. The summed E-state index contributed by atoms with van der Waals surface area (Å²) in [6.07, 6.45) is 6.84. The summed E-state index contributed by atoms with van der Waals surface area (Å²) in [5.41, 5.74) is 0.200. The fraction of sp³-hybridized carbons (Fsp3) is 1.00. The van der Waals surface area contributed by atoms with Gasteiger partial charge >= 0.3 is 0 Å². The van der Waals surface area contributed by atoms with E-state index in [1.54, 1.807) is 0 Å². The predicted molar refractivity (Wildman–Crippen MR) is 72.6 cm³/mol. The second-order valence-corrected chi connectivity index (χ2v) is 6.37. The minimum atomic E-state index is 0.200. The highest BCUT2D eigenvalue weighted by atomic mass is 32.2. The Morgan fingerprint density at radius 1 is 1.35 bits per heavy atom. The molecule has 4 heteroatoms. The summed E-state index contributed by atoms with van der Waals surface area (Å²) in [5, 5.41) is 12.4. The molecule has 0 saturated carbocycles. The van der Waals surface area contributed by atoms with Crippen LogP contribution in [0.2, 0.25) is 0 Å². The molecule has 0 aromatic heterocycles. The molecule has 2 fully saturated rings. The average molecular weight is 259 g/mol. The van der Waals surface area contributed by atoms with Crippen LogP contribution in [0, 0.1) is 0 Å². The fourth-order valence-electron chi connectivity index (χ4n) is 2.79. The predicted octanol–water partition coefficient (Wildman–Crippen LogP) is 1.79. The van der Waals surface area contributed by atoms with Crippen LogP contribution in [0.3, 0.4) is 0 Å². The average Bonchev–Trinajstić information content (AvgIpc) is 2.77. The van der Waals surface area contributed by atoms with E-state index >= 15 is 0 Å². The van der Waals surface area contributed by atoms with Crippen LogP contribution >= 0.6 is 11.8 Å². The van der Waals surface area contributed by atoms with E-state index < -0.39 is 0 Å². The van der Waals surface area contributed by atoms with E-state index in [0.29, 0.717) is 12.6 Å². The van der Waals surface area contributed by atoms with Crippen LogP contribution in [0.1, 0.15) is 38.5 Å². The van der Waals surface area contributed by atoms with Gasteiger partial charge in [-0.25, -0.2) is 0 Å².